The molecule has 0 radical (unpaired) electrons. The summed E-state index contributed by atoms with van der Waals surface area (Å²) in [6.45, 7) is 6.37. The van der Waals surface area contributed by atoms with Gasteiger partial charge >= 0.3 is 5.97 Å². The monoisotopic (exact) mass is 522 g/mol. The van der Waals surface area contributed by atoms with Gasteiger partial charge in [-0.3, -0.25) is 4.79 Å². The van der Waals surface area contributed by atoms with E-state index in [1.807, 2.05) is 26.0 Å². The van der Waals surface area contributed by atoms with Crippen LogP contribution in [0, 0.1) is 5.41 Å². The van der Waals surface area contributed by atoms with Crippen molar-refractivity contribution in [3.63, 3.8) is 0 Å². The number of amides is 1. The highest BCUT2D eigenvalue weighted by atomic mass is 35.5. The van der Waals surface area contributed by atoms with Gasteiger partial charge in [-0.25, -0.2) is 4.79 Å². The zero-order valence-corrected chi connectivity index (χ0v) is 21.8. The van der Waals surface area contributed by atoms with E-state index >= 15 is 0 Å². The first-order valence-corrected chi connectivity index (χ1v) is 12.5. The van der Waals surface area contributed by atoms with Gasteiger partial charge in [0.1, 0.15) is 29.0 Å². The Balaban J connectivity index is 2.43. The highest BCUT2D eigenvalue weighted by Gasteiger charge is 2.24. The van der Waals surface area contributed by atoms with Crippen molar-refractivity contribution >= 4 is 29.2 Å². The third-order valence-electron chi connectivity index (χ3n) is 5.08. The molecule has 1 aromatic carbocycles. The van der Waals surface area contributed by atoms with Gasteiger partial charge in [0.15, 0.2) is 13.6 Å². The maximum atomic E-state index is 13.3. The zero-order chi connectivity index (χ0) is 26.3. The molecule has 0 saturated heterocycles. The molecule has 2 atom stereocenters. The van der Waals surface area contributed by atoms with E-state index in [2.05, 4.69) is 5.32 Å². The third-order valence-corrected chi connectivity index (χ3v) is 5.32. The molecule has 0 saturated carbocycles. The molecular weight excluding hydrogens is 488 g/mol. The Morgan fingerprint density at radius 3 is 2.56 bits per heavy atom. The summed E-state index contributed by atoms with van der Waals surface area (Å²) >= 11 is 5.62. The van der Waals surface area contributed by atoms with Crippen molar-refractivity contribution in [2.45, 2.75) is 52.2 Å². The quantitative estimate of drug-likeness (QED) is 0.156. The molecule has 0 aromatic heterocycles. The highest BCUT2D eigenvalue weighted by molar-refractivity contribution is 6.27. The second-order valence-electron chi connectivity index (χ2n) is 7.99. The van der Waals surface area contributed by atoms with Crippen LogP contribution in [-0.2, 0) is 25.4 Å². The van der Waals surface area contributed by atoms with Crippen molar-refractivity contribution in [2.24, 2.45) is 0 Å². The normalized spacial score (nSPS) is 18.7. The standard InChI is InChI=1S/C26H35ClN2O7/c1-4-32-16-34-22-13-19-12-20(28)9-7-11-21(29-24(30)15-27)10-6-8-18(3)36-26(31)25(19)23(14-22)35-17-33-5-2/h6-7,9-10,13-14,18,21,28H,4-5,8,11-12,15-17H2,1-3H3,(H,29,30). The minimum atomic E-state index is -0.574. The fourth-order valence-electron chi connectivity index (χ4n) is 3.37. The first-order chi connectivity index (χ1) is 17.4. The lowest BCUT2D eigenvalue weighted by Crippen LogP contribution is -2.34. The first kappa shape index (κ1) is 29.4. The highest BCUT2D eigenvalue weighted by Crippen LogP contribution is 2.31. The maximum Gasteiger partial charge on any atom is 0.342 e. The van der Waals surface area contributed by atoms with Crippen molar-refractivity contribution in [1.82, 2.24) is 5.32 Å². The van der Waals surface area contributed by atoms with Crippen molar-refractivity contribution < 1.29 is 33.3 Å². The lowest BCUT2D eigenvalue weighted by molar-refractivity contribution is -0.119. The molecule has 1 aromatic rings. The molecule has 0 aliphatic carbocycles. The second-order valence-corrected chi connectivity index (χ2v) is 8.26. The molecule has 1 aliphatic rings. The van der Waals surface area contributed by atoms with Crippen LogP contribution in [0.2, 0.25) is 0 Å². The van der Waals surface area contributed by atoms with Crippen LogP contribution >= 0.6 is 11.6 Å². The number of esters is 1. The molecular formula is C26H35ClN2O7. The number of fused-ring (bicyclic) bond motifs is 1. The van der Waals surface area contributed by atoms with Gasteiger partial charge < -0.3 is 34.4 Å². The first-order valence-electron chi connectivity index (χ1n) is 11.9. The van der Waals surface area contributed by atoms with Crippen molar-refractivity contribution in [3.05, 3.63) is 47.6 Å². The molecule has 0 fully saturated rings. The molecule has 1 aliphatic heterocycles. The fourth-order valence-corrected chi connectivity index (χ4v) is 3.45. The van der Waals surface area contributed by atoms with E-state index in [0.29, 0.717) is 37.4 Å². The van der Waals surface area contributed by atoms with Crippen LogP contribution in [0.3, 0.4) is 0 Å². The molecule has 198 valence electrons. The smallest absolute Gasteiger partial charge is 0.342 e. The second kappa shape index (κ2) is 16.0. The molecule has 0 spiro atoms. The van der Waals surface area contributed by atoms with E-state index in [1.165, 1.54) is 0 Å². The summed E-state index contributed by atoms with van der Waals surface area (Å²) in [6.07, 6.45) is 7.73. The number of hydrogen-bond donors (Lipinski definition) is 2. The average Bonchev–Trinajstić information content (AvgIpc) is 2.83. The molecule has 2 N–H and O–H groups in total. The Bertz CT molecular complexity index is 948. The van der Waals surface area contributed by atoms with Crippen molar-refractivity contribution in [2.75, 3.05) is 32.7 Å². The van der Waals surface area contributed by atoms with Crippen molar-refractivity contribution in [1.29, 1.82) is 5.41 Å². The summed E-state index contributed by atoms with van der Waals surface area (Å²) in [7, 11) is 0. The molecule has 36 heavy (non-hydrogen) atoms. The van der Waals surface area contributed by atoms with E-state index in [4.69, 9.17) is 40.7 Å². The third kappa shape index (κ3) is 10.0. The number of hydrogen-bond acceptors (Lipinski definition) is 8. The number of carbonyl (C=O) groups is 2. The lowest BCUT2D eigenvalue weighted by Gasteiger charge is -2.19. The molecule has 9 nitrogen and oxygen atoms in total. The summed E-state index contributed by atoms with van der Waals surface area (Å²) in [4.78, 5) is 25.0. The van der Waals surface area contributed by atoms with Gasteiger partial charge in [-0.1, -0.05) is 18.2 Å². The Morgan fingerprint density at radius 1 is 1.14 bits per heavy atom. The number of benzene rings is 1. The van der Waals surface area contributed by atoms with Crippen molar-refractivity contribution in [3.8, 4) is 11.5 Å². The van der Waals surface area contributed by atoms with Gasteiger partial charge in [-0.15, -0.1) is 11.6 Å². The number of cyclic esters (lactones) is 1. The number of nitrogens with one attached hydrogen (secondary N) is 2. The van der Waals surface area contributed by atoms with Gasteiger partial charge in [-0.05, 0) is 44.9 Å². The van der Waals surface area contributed by atoms with Gasteiger partial charge in [-0.2, -0.15) is 0 Å². The van der Waals surface area contributed by atoms with Crippen LogP contribution in [0.4, 0.5) is 0 Å². The predicted molar refractivity (Wildman–Crippen MR) is 137 cm³/mol. The van der Waals surface area contributed by atoms with Gasteiger partial charge in [0.25, 0.3) is 0 Å². The molecule has 2 rings (SSSR count). The largest absolute Gasteiger partial charge is 0.467 e. The molecule has 1 amide bonds. The van der Waals surface area contributed by atoms with Crippen LogP contribution in [0.1, 0.15) is 49.5 Å². The topological polar surface area (TPSA) is 116 Å². The van der Waals surface area contributed by atoms with E-state index in [1.54, 1.807) is 31.2 Å². The summed E-state index contributed by atoms with van der Waals surface area (Å²) in [5.41, 5.74) is 0.983. The number of rotatable bonds is 10. The molecule has 1 heterocycles. The fraction of sp³-hybridized carbons (Fsp3) is 0.500. The Morgan fingerprint density at radius 2 is 1.86 bits per heavy atom. The minimum Gasteiger partial charge on any atom is -0.467 e. The predicted octanol–water partition coefficient (Wildman–Crippen LogP) is 4.17. The van der Waals surface area contributed by atoms with E-state index in [0.717, 1.165) is 0 Å². The number of alkyl halides is 1. The Labute approximate surface area is 217 Å². The average molecular weight is 523 g/mol. The van der Waals surface area contributed by atoms with E-state index < -0.39 is 12.1 Å². The summed E-state index contributed by atoms with van der Waals surface area (Å²) in [5.74, 6) is -0.332. The number of ether oxygens (including phenoxy) is 5. The molecule has 2 unspecified atom stereocenters. The van der Waals surface area contributed by atoms with E-state index in [9.17, 15) is 9.59 Å². The maximum absolute atomic E-state index is 13.3. The lowest BCUT2D eigenvalue weighted by atomic mass is 9.99. The van der Waals surface area contributed by atoms with Crippen LogP contribution in [0.15, 0.2) is 36.4 Å². The molecule has 0 bridgehead atoms. The Hall–Kier alpha value is -2.88. The summed E-state index contributed by atoms with van der Waals surface area (Å²) in [6, 6.07) is 2.98. The number of carbonyl (C=O) groups excluding carboxylic acids is 2. The summed E-state index contributed by atoms with van der Waals surface area (Å²) in [5, 5.41) is 11.3. The van der Waals surface area contributed by atoms with Crippen LogP contribution in [0.25, 0.3) is 0 Å². The minimum absolute atomic E-state index is 0.0285. The van der Waals surface area contributed by atoms with Crippen LogP contribution in [-0.4, -0.2) is 62.4 Å². The van der Waals surface area contributed by atoms with Gasteiger partial charge in [0, 0.05) is 37.8 Å². The SMILES string of the molecule is CCOCOc1cc2c(c(OCOCC)c1)C(=O)OC(C)CC=CC(NC(=O)CCl)CC=CC(=N)C2. The number of halogens is 1. The molecule has 10 heteroatoms. The van der Waals surface area contributed by atoms with Crippen LogP contribution < -0.4 is 14.8 Å². The number of allylic oxidation sites excluding steroid dienone is 1. The zero-order valence-electron chi connectivity index (χ0n) is 21.0. The van der Waals surface area contributed by atoms with E-state index in [-0.39, 0.29) is 54.9 Å². The van der Waals surface area contributed by atoms with Gasteiger partial charge in [0.05, 0.1) is 6.04 Å². The summed E-state index contributed by atoms with van der Waals surface area (Å²) < 4.78 is 27.7. The van der Waals surface area contributed by atoms with Gasteiger partial charge in [0.2, 0.25) is 5.91 Å². The van der Waals surface area contributed by atoms with Crippen LogP contribution in [0.5, 0.6) is 11.5 Å². The Kier molecular flexibility index (Phi) is 13.0.